The van der Waals surface area contributed by atoms with Crippen LogP contribution in [0.15, 0.2) is 0 Å². The minimum Gasteiger partial charge on any atom is -0.327 e. The van der Waals surface area contributed by atoms with Crippen LogP contribution in [-0.2, 0) is 27.3 Å². The molecular formula is C14H38CdSi4. The summed E-state index contributed by atoms with van der Waals surface area (Å²) in [7, 11) is -3.42. The van der Waals surface area contributed by atoms with Crippen molar-refractivity contribution in [2.75, 3.05) is 0 Å². The van der Waals surface area contributed by atoms with Crippen LogP contribution in [0.5, 0.6) is 0 Å². The van der Waals surface area contributed by atoms with Crippen LogP contribution in [0.4, 0.5) is 0 Å². The quantitative estimate of drug-likeness (QED) is 0.385. The molecule has 0 saturated heterocycles. The van der Waals surface area contributed by atoms with Crippen LogP contribution in [0, 0.1) is 11.3 Å². The minimum absolute atomic E-state index is 0. The van der Waals surface area contributed by atoms with Gasteiger partial charge in [0, 0.05) is 0 Å². The zero-order chi connectivity index (χ0) is 15.4. The van der Waals surface area contributed by atoms with Gasteiger partial charge in [-0.1, -0.05) is 78.6 Å². The molecule has 0 saturated carbocycles. The summed E-state index contributed by atoms with van der Waals surface area (Å²) in [5.74, 6) is 0. The molecule has 0 radical (unpaired) electrons. The summed E-state index contributed by atoms with van der Waals surface area (Å²) in [6, 6.07) is 0. The summed E-state index contributed by atoms with van der Waals surface area (Å²) < 4.78 is 0. The first-order chi connectivity index (χ1) is 7.41. The van der Waals surface area contributed by atoms with Gasteiger partial charge in [0.25, 0.3) is 0 Å². The van der Waals surface area contributed by atoms with Crippen molar-refractivity contribution in [2.24, 2.45) is 0 Å². The number of hydrogen-bond acceptors (Lipinski definition) is 0. The van der Waals surface area contributed by atoms with Gasteiger partial charge in [-0.05, 0) is 0 Å². The van der Waals surface area contributed by atoms with Crippen molar-refractivity contribution in [3.05, 3.63) is 11.3 Å². The van der Waals surface area contributed by atoms with E-state index in [2.05, 4.69) is 89.9 Å². The van der Waals surface area contributed by atoms with E-state index in [9.17, 15) is 0 Å². The molecule has 0 N–H and O–H groups in total. The van der Waals surface area contributed by atoms with Crippen molar-refractivity contribution in [1.82, 2.24) is 0 Å². The Balaban J connectivity index is -0.000000256. The average molecular weight is 431 g/mol. The average Bonchev–Trinajstić information content (AvgIpc) is 1.64. The molecule has 0 aliphatic carbocycles. The van der Waals surface area contributed by atoms with E-state index >= 15 is 0 Å². The Morgan fingerprint density at radius 3 is 0.474 bits per heavy atom. The van der Waals surface area contributed by atoms with E-state index < -0.39 is 32.3 Å². The third kappa shape index (κ3) is 32.9. The predicted molar refractivity (Wildman–Crippen MR) is 102 cm³/mol. The van der Waals surface area contributed by atoms with Crippen molar-refractivity contribution < 1.29 is 27.3 Å². The second kappa shape index (κ2) is 9.05. The monoisotopic (exact) mass is 432 g/mol. The van der Waals surface area contributed by atoms with E-state index in [1.54, 1.807) is 0 Å². The van der Waals surface area contributed by atoms with E-state index in [-0.39, 0.29) is 27.3 Å². The molecule has 0 spiro atoms. The van der Waals surface area contributed by atoms with E-state index in [0.717, 1.165) is 0 Å². The van der Waals surface area contributed by atoms with Gasteiger partial charge in [-0.15, -0.1) is 32.3 Å². The van der Waals surface area contributed by atoms with Gasteiger partial charge in [0.2, 0.25) is 0 Å². The molecule has 0 atom stereocenters. The van der Waals surface area contributed by atoms with Gasteiger partial charge in [-0.2, -0.15) is 0 Å². The van der Waals surface area contributed by atoms with Crippen molar-refractivity contribution in [1.29, 1.82) is 0 Å². The molecule has 0 unspecified atom stereocenters. The summed E-state index contributed by atoms with van der Waals surface area (Å²) in [6.07, 6.45) is 0. The molecule has 0 amide bonds. The van der Waals surface area contributed by atoms with Crippen molar-refractivity contribution in [2.45, 2.75) is 78.6 Å². The molecule has 0 nitrogen and oxygen atoms in total. The Morgan fingerprint density at radius 1 is 0.368 bits per heavy atom. The summed E-state index contributed by atoms with van der Waals surface area (Å²) >= 11 is 0. The summed E-state index contributed by atoms with van der Waals surface area (Å²) in [5.41, 5.74) is 5.31. The maximum Gasteiger partial charge on any atom is 2.00 e. The second-order valence-corrected chi connectivity index (χ2v) is 31.0. The summed E-state index contributed by atoms with van der Waals surface area (Å²) in [5, 5.41) is 0. The van der Waals surface area contributed by atoms with Crippen molar-refractivity contribution >= 4 is 32.3 Å². The van der Waals surface area contributed by atoms with Crippen LogP contribution in [0.3, 0.4) is 0 Å². The Bertz CT molecular complexity index is 176. The van der Waals surface area contributed by atoms with Crippen LogP contribution in [0.25, 0.3) is 0 Å². The van der Waals surface area contributed by atoms with Crippen molar-refractivity contribution in [3.63, 3.8) is 0 Å². The number of rotatable bonds is 4. The van der Waals surface area contributed by atoms with Gasteiger partial charge >= 0.3 is 27.3 Å². The Labute approximate surface area is 148 Å². The van der Waals surface area contributed by atoms with E-state index in [1.165, 1.54) is 0 Å². The SMILES string of the molecule is C[Si](C)(C)[CH-][Si](C)(C)C.C[Si](C)(C)[CH-][Si](C)(C)C.[Cd+2]. The first-order valence-electron chi connectivity index (χ1n) is 7.15. The van der Waals surface area contributed by atoms with Gasteiger partial charge in [0.15, 0.2) is 0 Å². The van der Waals surface area contributed by atoms with Gasteiger partial charge < -0.3 is 11.3 Å². The molecule has 0 aromatic carbocycles. The first-order valence-corrected chi connectivity index (χ1v) is 21.5. The molecule has 19 heavy (non-hydrogen) atoms. The number of hydrogen-bond donors (Lipinski definition) is 0. The first kappa shape index (κ1) is 25.7. The third-order valence-corrected chi connectivity index (χ3v) is 15.6. The van der Waals surface area contributed by atoms with Crippen LogP contribution < -0.4 is 0 Å². The molecule has 112 valence electrons. The van der Waals surface area contributed by atoms with Crippen LogP contribution in [0.1, 0.15) is 0 Å². The van der Waals surface area contributed by atoms with Gasteiger partial charge in [-0.3, -0.25) is 0 Å². The van der Waals surface area contributed by atoms with Gasteiger partial charge in [-0.25, -0.2) is 0 Å². The van der Waals surface area contributed by atoms with Crippen LogP contribution in [-0.4, -0.2) is 32.3 Å². The topological polar surface area (TPSA) is 0 Å². The fourth-order valence-corrected chi connectivity index (χ4v) is 23.4. The zero-order valence-electron chi connectivity index (χ0n) is 15.9. The fraction of sp³-hybridized carbons (Fsp3) is 0.857. The third-order valence-electron chi connectivity index (χ3n) is 1.73. The summed E-state index contributed by atoms with van der Waals surface area (Å²) in [4.78, 5) is 0. The van der Waals surface area contributed by atoms with Crippen molar-refractivity contribution in [3.8, 4) is 0 Å². The molecule has 0 bridgehead atoms. The maximum atomic E-state index is 2.65. The molecule has 0 aliphatic heterocycles. The van der Waals surface area contributed by atoms with E-state index in [0.29, 0.717) is 0 Å². The van der Waals surface area contributed by atoms with Gasteiger partial charge in [0.1, 0.15) is 0 Å². The van der Waals surface area contributed by atoms with E-state index in [4.69, 9.17) is 0 Å². The van der Waals surface area contributed by atoms with Crippen LogP contribution in [0.2, 0.25) is 78.6 Å². The molecule has 0 aliphatic rings. The largest absolute Gasteiger partial charge is 2.00 e. The Hall–Kier alpha value is 1.79. The molecule has 0 rings (SSSR count). The molecule has 0 aromatic rings. The van der Waals surface area contributed by atoms with Crippen LogP contribution >= 0.6 is 0 Å². The molecule has 0 fully saturated rings. The normalized spacial score (nSPS) is 13.3. The Kier molecular flexibility index (Phi) is 12.3. The summed E-state index contributed by atoms with van der Waals surface area (Å²) in [6.45, 7) is 28.9. The van der Waals surface area contributed by atoms with E-state index in [1.807, 2.05) is 0 Å². The standard InChI is InChI=1S/2C7H19Si2.Cd/c2*1-8(2,3)7-9(4,5)6;/h2*7H,1-6H3;/q2*-1;+2. The molecule has 5 heteroatoms. The minimum atomic E-state index is -0.856. The fourth-order valence-electron chi connectivity index (χ4n) is 2.60. The molecule has 0 aromatic heterocycles. The van der Waals surface area contributed by atoms with Gasteiger partial charge in [0.05, 0.1) is 0 Å². The zero-order valence-corrected chi connectivity index (χ0v) is 23.9. The maximum absolute atomic E-state index is 2.65. The second-order valence-electron chi connectivity index (χ2n) is 9.75. The molecular weight excluding hydrogens is 393 g/mol. The smallest absolute Gasteiger partial charge is 0.327 e. The predicted octanol–water partition coefficient (Wildman–Crippen LogP) is 5.89. The molecule has 0 heterocycles. The Morgan fingerprint density at radius 2 is 0.474 bits per heavy atom.